The molecule has 25 heavy (non-hydrogen) atoms. The first-order chi connectivity index (χ1) is 11.9. The molecule has 128 valence electrons. The van der Waals surface area contributed by atoms with Crippen LogP contribution in [-0.4, -0.2) is 22.4 Å². The summed E-state index contributed by atoms with van der Waals surface area (Å²) in [5, 5.41) is 13.7. The fourth-order valence-electron chi connectivity index (χ4n) is 2.18. The highest BCUT2D eigenvalue weighted by atomic mass is 32.1. The van der Waals surface area contributed by atoms with Crippen LogP contribution < -0.4 is 10.1 Å². The van der Waals surface area contributed by atoms with E-state index >= 15 is 0 Å². The SMILES string of the molecule is Cc1cc(OCC(=O)Nc2nc3ccc(F)cc3s2)ccc1[N+](=O)[O-]. The number of hydrogen-bond donors (Lipinski definition) is 1. The minimum absolute atomic E-state index is 0.0153. The Morgan fingerprint density at radius 1 is 1.36 bits per heavy atom. The lowest BCUT2D eigenvalue weighted by Gasteiger charge is -2.06. The Hall–Kier alpha value is -3.07. The molecule has 9 heteroatoms. The second-order valence-corrected chi connectivity index (χ2v) is 6.20. The first-order valence-corrected chi connectivity index (χ1v) is 7.98. The topological polar surface area (TPSA) is 94.4 Å². The van der Waals surface area contributed by atoms with Crippen LogP contribution in [0, 0.1) is 22.9 Å². The zero-order chi connectivity index (χ0) is 18.0. The van der Waals surface area contributed by atoms with E-state index in [2.05, 4.69) is 10.3 Å². The van der Waals surface area contributed by atoms with Crippen LogP contribution in [0.4, 0.5) is 15.2 Å². The number of anilines is 1. The Labute approximate surface area is 145 Å². The molecule has 0 atom stereocenters. The predicted molar refractivity (Wildman–Crippen MR) is 91.5 cm³/mol. The van der Waals surface area contributed by atoms with Crippen LogP contribution in [0.15, 0.2) is 36.4 Å². The van der Waals surface area contributed by atoms with Crippen LogP contribution in [-0.2, 0) is 4.79 Å². The average Bonchev–Trinajstić information content (AvgIpc) is 2.93. The Balaban J connectivity index is 1.62. The van der Waals surface area contributed by atoms with Crippen molar-refractivity contribution in [2.45, 2.75) is 6.92 Å². The Morgan fingerprint density at radius 3 is 2.88 bits per heavy atom. The van der Waals surface area contributed by atoms with E-state index in [0.29, 0.717) is 26.7 Å². The number of aryl methyl sites for hydroxylation is 1. The fourth-order valence-corrected chi connectivity index (χ4v) is 3.09. The first kappa shape index (κ1) is 16.8. The maximum absolute atomic E-state index is 13.2. The summed E-state index contributed by atoms with van der Waals surface area (Å²) in [6.45, 7) is 1.31. The van der Waals surface area contributed by atoms with Crippen molar-refractivity contribution >= 4 is 38.3 Å². The Kier molecular flexibility index (Phi) is 4.57. The van der Waals surface area contributed by atoms with Gasteiger partial charge in [0, 0.05) is 11.6 Å². The van der Waals surface area contributed by atoms with Crippen LogP contribution in [0.2, 0.25) is 0 Å². The van der Waals surface area contributed by atoms with Gasteiger partial charge in [0.1, 0.15) is 11.6 Å². The maximum Gasteiger partial charge on any atom is 0.272 e. The van der Waals surface area contributed by atoms with Crippen LogP contribution in [0.25, 0.3) is 10.2 Å². The second kappa shape index (κ2) is 6.81. The normalized spacial score (nSPS) is 10.6. The van der Waals surface area contributed by atoms with Gasteiger partial charge in [-0.1, -0.05) is 11.3 Å². The molecule has 0 radical (unpaired) electrons. The van der Waals surface area contributed by atoms with Gasteiger partial charge in [0.05, 0.1) is 15.1 Å². The molecule has 0 spiro atoms. The van der Waals surface area contributed by atoms with Gasteiger partial charge in [-0.3, -0.25) is 20.2 Å². The number of hydrogen-bond acceptors (Lipinski definition) is 6. The fraction of sp³-hybridized carbons (Fsp3) is 0.125. The molecule has 2 aromatic carbocycles. The number of carbonyl (C=O) groups is 1. The molecule has 0 aliphatic carbocycles. The molecule has 1 N–H and O–H groups in total. The molecule has 0 unspecified atom stereocenters. The minimum Gasteiger partial charge on any atom is -0.484 e. The summed E-state index contributed by atoms with van der Waals surface area (Å²) < 4.78 is 19.1. The van der Waals surface area contributed by atoms with E-state index in [1.807, 2.05) is 0 Å². The summed E-state index contributed by atoms with van der Waals surface area (Å²) in [6, 6.07) is 8.43. The number of nitro benzene ring substituents is 1. The largest absolute Gasteiger partial charge is 0.484 e. The highest BCUT2D eigenvalue weighted by Crippen LogP contribution is 2.26. The van der Waals surface area contributed by atoms with Gasteiger partial charge in [-0.25, -0.2) is 9.37 Å². The third-order valence-electron chi connectivity index (χ3n) is 3.33. The second-order valence-electron chi connectivity index (χ2n) is 5.17. The first-order valence-electron chi connectivity index (χ1n) is 7.16. The molecular weight excluding hydrogens is 349 g/mol. The standard InChI is InChI=1S/C16H12FN3O4S/c1-9-6-11(3-5-13(9)20(22)23)24-8-15(21)19-16-18-12-4-2-10(17)7-14(12)25-16/h2-7H,8H2,1H3,(H,18,19,21). The number of aromatic nitrogens is 1. The number of nitrogens with one attached hydrogen (secondary N) is 1. The van der Waals surface area contributed by atoms with Crippen LogP contribution in [0.1, 0.15) is 5.56 Å². The number of fused-ring (bicyclic) bond motifs is 1. The van der Waals surface area contributed by atoms with Gasteiger partial charge in [-0.05, 0) is 37.3 Å². The molecule has 1 amide bonds. The summed E-state index contributed by atoms with van der Waals surface area (Å²) >= 11 is 1.16. The molecule has 0 aliphatic rings. The molecule has 0 bridgehead atoms. The number of ether oxygens (including phenoxy) is 1. The molecule has 3 rings (SSSR count). The molecule has 0 aliphatic heterocycles. The monoisotopic (exact) mass is 361 g/mol. The molecule has 0 saturated carbocycles. The number of amides is 1. The van der Waals surface area contributed by atoms with Crippen molar-refractivity contribution in [2.75, 3.05) is 11.9 Å². The van der Waals surface area contributed by atoms with E-state index in [1.54, 1.807) is 6.92 Å². The van der Waals surface area contributed by atoms with E-state index < -0.39 is 10.8 Å². The third kappa shape index (κ3) is 3.89. The summed E-state index contributed by atoms with van der Waals surface area (Å²) in [7, 11) is 0. The Bertz CT molecular complexity index is 973. The highest BCUT2D eigenvalue weighted by Gasteiger charge is 2.12. The number of benzene rings is 2. The Morgan fingerprint density at radius 2 is 2.16 bits per heavy atom. The zero-order valence-corrected chi connectivity index (χ0v) is 13.8. The molecule has 1 aromatic heterocycles. The number of rotatable bonds is 5. The third-order valence-corrected chi connectivity index (χ3v) is 4.27. The molecule has 7 nitrogen and oxygen atoms in total. The number of halogens is 1. The van der Waals surface area contributed by atoms with Gasteiger partial charge in [0.2, 0.25) is 0 Å². The summed E-state index contributed by atoms with van der Waals surface area (Å²) in [5.74, 6) is -0.453. The van der Waals surface area contributed by atoms with Gasteiger partial charge in [-0.15, -0.1) is 0 Å². The van der Waals surface area contributed by atoms with Crippen molar-refractivity contribution in [1.82, 2.24) is 4.98 Å². The number of carbonyl (C=O) groups excluding carboxylic acids is 1. The quantitative estimate of drug-likeness (QED) is 0.553. The molecule has 1 heterocycles. The summed E-state index contributed by atoms with van der Waals surface area (Å²) in [6.07, 6.45) is 0. The van der Waals surface area contributed by atoms with Gasteiger partial charge >= 0.3 is 0 Å². The van der Waals surface area contributed by atoms with E-state index in [0.717, 1.165) is 11.3 Å². The van der Waals surface area contributed by atoms with Crippen molar-refractivity contribution in [3.05, 3.63) is 57.9 Å². The number of thiazole rings is 1. The van der Waals surface area contributed by atoms with Crippen LogP contribution in [0.3, 0.4) is 0 Å². The average molecular weight is 361 g/mol. The molecule has 3 aromatic rings. The molecule has 0 fully saturated rings. The molecule has 0 saturated heterocycles. The van der Waals surface area contributed by atoms with Crippen molar-refractivity contribution in [2.24, 2.45) is 0 Å². The maximum atomic E-state index is 13.2. The predicted octanol–water partition coefficient (Wildman–Crippen LogP) is 3.67. The van der Waals surface area contributed by atoms with E-state index in [4.69, 9.17) is 4.74 Å². The lowest BCUT2D eigenvalue weighted by Crippen LogP contribution is -2.20. The summed E-state index contributed by atoms with van der Waals surface area (Å²) in [5.41, 5.74) is 1.02. The van der Waals surface area contributed by atoms with Crippen LogP contribution in [0.5, 0.6) is 5.75 Å². The summed E-state index contributed by atoms with van der Waals surface area (Å²) in [4.78, 5) is 26.4. The smallest absolute Gasteiger partial charge is 0.272 e. The van der Waals surface area contributed by atoms with Crippen molar-refractivity contribution in [3.8, 4) is 5.75 Å². The van der Waals surface area contributed by atoms with Crippen molar-refractivity contribution in [3.63, 3.8) is 0 Å². The van der Waals surface area contributed by atoms with Gasteiger partial charge < -0.3 is 4.74 Å². The van der Waals surface area contributed by atoms with Crippen LogP contribution >= 0.6 is 11.3 Å². The number of nitrogens with zero attached hydrogens (tertiary/aromatic N) is 2. The van der Waals surface area contributed by atoms with E-state index in [1.165, 1.54) is 36.4 Å². The van der Waals surface area contributed by atoms with Crippen molar-refractivity contribution in [1.29, 1.82) is 0 Å². The van der Waals surface area contributed by atoms with E-state index in [-0.39, 0.29) is 18.1 Å². The van der Waals surface area contributed by atoms with Gasteiger partial charge in [-0.2, -0.15) is 0 Å². The van der Waals surface area contributed by atoms with Gasteiger partial charge in [0.15, 0.2) is 11.7 Å². The molecular formula is C16H12FN3O4S. The lowest BCUT2D eigenvalue weighted by atomic mass is 10.2. The van der Waals surface area contributed by atoms with E-state index in [9.17, 15) is 19.3 Å². The van der Waals surface area contributed by atoms with Gasteiger partial charge in [0.25, 0.3) is 11.6 Å². The zero-order valence-electron chi connectivity index (χ0n) is 13.0. The minimum atomic E-state index is -0.484. The lowest BCUT2D eigenvalue weighted by molar-refractivity contribution is -0.385. The van der Waals surface area contributed by atoms with Crippen molar-refractivity contribution < 1.29 is 18.8 Å². The highest BCUT2D eigenvalue weighted by molar-refractivity contribution is 7.22. The number of nitro groups is 1.